The first-order chi connectivity index (χ1) is 21.0. The van der Waals surface area contributed by atoms with Gasteiger partial charge in [-0.25, -0.2) is 14.6 Å². The van der Waals surface area contributed by atoms with E-state index in [4.69, 9.17) is 25.8 Å². The maximum atomic E-state index is 11.5. The molecule has 0 spiro atoms. The fraction of sp³-hybridized carbons (Fsp3) is 0.367. The van der Waals surface area contributed by atoms with Crippen molar-refractivity contribution in [1.29, 1.82) is 0 Å². The van der Waals surface area contributed by atoms with Crippen molar-refractivity contribution < 1.29 is 14.0 Å². The number of piperazine rings is 1. The summed E-state index contributed by atoms with van der Waals surface area (Å²) in [7, 11) is 1.75. The summed E-state index contributed by atoms with van der Waals surface area (Å²) in [6.45, 7) is 3.96. The molecule has 3 aromatic heterocycles. The summed E-state index contributed by atoms with van der Waals surface area (Å²) in [5, 5.41) is 11.1. The summed E-state index contributed by atoms with van der Waals surface area (Å²) in [6, 6.07) is 13.9. The standard InChI is InChI=1S/C30H34N10O3/c1-42-39-14-12-38(13-15-39)21-7-9-22(10-8-21)40-29-25(27(31)33-17-34-29)26(37-40)18-2-5-20(6-3-18)35-30-36-23-16-19(28(32)41)4-11-24(23)43-30/h2-6,11,16-17,21-22H,7-10,12-15H2,1H3,(H2,32,41)(H,35,36)(H2,31,33,34). The van der Waals surface area contributed by atoms with Crippen LogP contribution in [-0.4, -0.2) is 79.9 Å². The van der Waals surface area contributed by atoms with Crippen molar-refractivity contribution in [2.75, 3.05) is 44.3 Å². The average molecular weight is 583 g/mol. The van der Waals surface area contributed by atoms with Crippen LogP contribution in [0.25, 0.3) is 33.4 Å². The molecule has 222 valence electrons. The van der Waals surface area contributed by atoms with Gasteiger partial charge in [0.05, 0.1) is 18.5 Å². The third-order valence-corrected chi connectivity index (χ3v) is 8.66. The molecule has 1 aliphatic heterocycles. The number of primary amides is 1. The van der Waals surface area contributed by atoms with Crippen LogP contribution in [0, 0.1) is 0 Å². The Kier molecular flexibility index (Phi) is 7.13. The maximum absolute atomic E-state index is 11.5. The van der Waals surface area contributed by atoms with Gasteiger partial charge in [-0.15, -0.1) is 0 Å². The van der Waals surface area contributed by atoms with E-state index in [0.29, 0.717) is 34.5 Å². The molecule has 43 heavy (non-hydrogen) atoms. The third-order valence-electron chi connectivity index (χ3n) is 8.66. The van der Waals surface area contributed by atoms with Crippen molar-refractivity contribution in [3.63, 3.8) is 0 Å². The number of anilines is 3. The molecule has 2 aliphatic rings. The lowest BCUT2D eigenvalue weighted by atomic mass is 9.90. The first-order valence-electron chi connectivity index (χ1n) is 14.6. The molecular formula is C30H34N10O3. The number of nitrogens with one attached hydrogen (secondary N) is 1. The lowest BCUT2D eigenvalue weighted by molar-refractivity contribution is -0.156. The summed E-state index contributed by atoms with van der Waals surface area (Å²) < 4.78 is 7.85. The number of hydrogen-bond acceptors (Lipinski definition) is 11. The monoisotopic (exact) mass is 582 g/mol. The fourth-order valence-corrected chi connectivity index (χ4v) is 6.34. The van der Waals surface area contributed by atoms with Crippen LogP contribution >= 0.6 is 0 Å². The molecule has 1 amide bonds. The fourth-order valence-electron chi connectivity index (χ4n) is 6.34. The highest BCUT2D eigenvalue weighted by atomic mass is 16.7. The van der Waals surface area contributed by atoms with E-state index in [0.717, 1.165) is 79.8 Å². The number of benzene rings is 2. The minimum absolute atomic E-state index is 0.247. The zero-order valence-corrected chi connectivity index (χ0v) is 23.9. The van der Waals surface area contributed by atoms with Gasteiger partial charge < -0.3 is 26.0 Å². The summed E-state index contributed by atoms with van der Waals surface area (Å²) in [6.07, 6.45) is 5.82. The highest BCUT2D eigenvalue weighted by Crippen LogP contribution is 2.37. The van der Waals surface area contributed by atoms with Crippen LogP contribution < -0.4 is 16.8 Å². The van der Waals surface area contributed by atoms with Crippen molar-refractivity contribution in [1.82, 2.24) is 34.7 Å². The highest BCUT2D eigenvalue weighted by Gasteiger charge is 2.31. The number of nitrogens with two attached hydrogens (primary N) is 2. The number of hydroxylamine groups is 2. The van der Waals surface area contributed by atoms with Gasteiger partial charge in [0, 0.05) is 49.0 Å². The van der Waals surface area contributed by atoms with E-state index in [9.17, 15) is 4.79 Å². The predicted octanol–water partition coefficient (Wildman–Crippen LogP) is 3.72. The van der Waals surface area contributed by atoms with Crippen LogP contribution in [0.15, 0.2) is 53.2 Å². The Labute approximate surface area is 247 Å². The van der Waals surface area contributed by atoms with Gasteiger partial charge in [0.25, 0.3) is 6.01 Å². The molecule has 7 rings (SSSR count). The van der Waals surface area contributed by atoms with E-state index < -0.39 is 5.91 Å². The van der Waals surface area contributed by atoms with Gasteiger partial charge in [0.15, 0.2) is 11.2 Å². The second-order valence-corrected chi connectivity index (χ2v) is 11.1. The highest BCUT2D eigenvalue weighted by molar-refractivity contribution is 5.98. The summed E-state index contributed by atoms with van der Waals surface area (Å²) in [5.41, 5.74) is 16.5. The third kappa shape index (κ3) is 5.26. The van der Waals surface area contributed by atoms with Crippen LogP contribution in [0.4, 0.5) is 17.5 Å². The molecule has 1 saturated carbocycles. The second kappa shape index (κ2) is 11.2. The van der Waals surface area contributed by atoms with Crippen LogP contribution in [0.2, 0.25) is 0 Å². The number of oxazole rings is 1. The number of carbonyl (C=O) groups excluding carboxylic acids is 1. The number of fused-ring (bicyclic) bond motifs is 2. The zero-order chi connectivity index (χ0) is 29.5. The molecule has 13 heteroatoms. The maximum Gasteiger partial charge on any atom is 0.300 e. The van der Waals surface area contributed by atoms with E-state index in [1.807, 2.05) is 29.3 Å². The normalized spacial score (nSPS) is 20.1. The van der Waals surface area contributed by atoms with E-state index >= 15 is 0 Å². The molecule has 0 unspecified atom stereocenters. The van der Waals surface area contributed by atoms with Gasteiger partial charge in [-0.1, -0.05) is 12.1 Å². The zero-order valence-electron chi connectivity index (χ0n) is 23.9. The van der Waals surface area contributed by atoms with Crippen molar-refractivity contribution in [3.05, 3.63) is 54.4 Å². The number of hydrogen-bond donors (Lipinski definition) is 3. The summed E-state index contributed by atoms with van der Waals surface area (Å²) in [4.78, 5) is 32.8. The van der Waals surface area contributed by atoms with Crippen molar-refractivity contribution in [2.45, 2.75) is 37.8 Å². The minimum atomic E-state index is -0.513. The van der Waals surface area contributed by atoms with Crippen molar-refractivity contribution in [3.8, 4) is 11.3 Å². The van der Waals surface area contributed by atoms with Crippen molar-refractivity contribution in [2.24, 2.45) is 5.73 Å². The molecule has 13 nitrogen and oxygen atoms in total. The molecule has 1 aliphatic carbocycles. The molecule has 1 saturated heterocycles. The molecule has 5 N–H and O–H groups in total. The Morgan fingerprint density at radius 3 is 2.47 bits per heavy atom. The summed E-state index contributed by atoms with van der Waals surface area (Å²) >= 11 is 0. The Morgan fingerprint density at radius 2 is 1.74 bits per heavy atom. The van der Waals surface area contributed by atoms with E-state index in [-0.39, 0.29) is 6.04 Å². The number of amides is 1. The van der Waals surface area contributed by atoms with Gasteiger partial charge >= 0.3 is 0 Å². The second-order valence-electron chi connectivity index (χ2n) is 11.1. The van der Waals surface area contributed by atoms with Gasteiger partial charge in [-0.3, -0.25) is 9.69 Å². The molecule has 2 aromatic carbocycles. The quantitative estimate of drug-likeness (QED) is 0.256. The van der Waals surface area contributed by atoms with E-state index in [1.54, 1.807) is 25.3 Å². The topological polar surface area (TPSA) is 166 Å². The molecule has 0 atom stereocenters. The average Bonchev–Trinajstić information content (AvgIpc) is 3.63. The first kappa shape index (κ1) is 27.3. The molecule has 4 heterocycles. The molecular weight excluding hydrogens is 548 g/mol. The minimum Gasteiger partial charge on any atom is -0.423 e. The predicted molar refractivity (Wildman–Crippen MR) is 162 cm³/mol. The largest absolute Gasteiger partial charge is 0.423 e. The Morgan fingerprint density at radius 1 is 1.00 bits per heavy atom. The lowest BCUT2D eigenvalue weighted by Gasteiger charge is -2.41. The number of nitrogens with zero attached hydrogens (tertiary/aromatic N) is 7. The van der Waals surface area contributed by atoms with Crippen LogP contribution in [0.5, 0.6) is 0 Å². The van der Waals surface area contributed by atoms with Gasteiger partial charge in [0.2, 0.25) is 5.91 Å². The van der Waals surface area contributed by atoms with E-state index in [1.165, 1.54) is 6.33 Å². The Hall–Kier alpha value is -4.59. The van der Waals surface area contributed by atoms with Gasteiger partial charge in [0.1, 0.15) is 23.4 Å². The van der Waals surface area contributed by atoms with Crippen LogP contribution in [0.3, 0.4) is 0 Å². The van der Waals surface area contributed by atoms with Gasteiger partial charge in [-0.2, -0.15) is 15.1 Å². The van der Waals surface area contributed by atoms with Crippen LogP contribution in [-0.2, 0) is 4.84 Å². The number of rotatable bonds is 7. The molecule has 2 fully saturated rings. The molecule has 5 aromatic rings. The van der Waals surface area contributed by atoms with Crippen molar-refractivity contribution >= 4 is 45.6 Å². The lowest BCUT2D eigenvalue weighted by Crippen LogP contribution is -2.50. The van der Waals surface area contributed by atoms with Gasteiger partial charge in [-0.05, 0) is 56.0 Å². The number of aromatic nitrogens is 5. The Bertz CT molecular complexity index is 1770. The SMILES string of the molecule is CON1CCN(C2CCC(n3nc(-c4ccc(Nc5nc6cc(C(N)=O)ccc6o5)cc4)c4c(N)ncnc43)CC2)CC1. The smallest absolute Gasteiger partial charge is 0.300 e. The molecule has 0 radical (unpaired) electrons. The number of nitrogen functional groups attached to an aromatic ring is 1. The Balaban J connectivity index is 1.09. The summed E-state index contributed by atoms with van der Waals surface area (Å²) in [5.74, 6) is -0.0967. The van der Waals surface area contributed by atoms with Crippen LogP contribution in [0.1, 0.15) is 42.1 Å². The number of carbonyl (C=O) groups is 1. The van der Waals surface area contributed by atoms with E-state index in [2.05, 4.69) is 29.9 Å². The molecule has 0 bridgehead atoms. The first-order valence-corrected chi connectivity index (χ1v) is 14.6.